The van der Waals surface area contributed by atoms with Crippen molar-refractivity contribution in [1.82, 2.24) is 20.5 Å². The Morgan fingerprint density at radius 3 is 2.16 bits per heavy atom. The van der Waals surface area contributed by atoms with Gasteiger partial charge in [-0.25, -0.2) is 9.78 Å². The highest BCUT2D eigenvalue weighted by molar-refractivity contribution is 5.75. The van der Waals surface area contributed by atoms with E-state index in [4.69, 9.17) is 0 Å². The third-order valence-electron chi connectivity index (χ3n) is 5.63. The maximum atomic E-state index is 12.7. The maximum absolute atomic E-state index is 12.7. The summed E-state index contributed by atoms with van der Waals surface area (Å²) in [5.41, 5.74) is 3.13. The number of benzene rings is 2. The number of carbonyl (C=O) groups is 1. The molecule has 0 atom stereocenters. The van der Waals surface area contributed by atoms with E-state index in [1.54, 1.807) is 0 Å². The number of urea groups is 1. The van der Waals surface area contributed by atoms with Crippen molar-refractivity contribution in [3.05, 3.63) is 95.7 Å². The molecule has 1 saturated heterocycles. The summed E-state index contributed by atoms with van der Waals surface area (Å²) in [5, 5.41) is 6.12. The number of hydrogen-bond donors (Lipinski definition) is 2. The molecule has 6 nitrogen and oxygen atoms in total. The molecule has 31 heavy (non-hydrogen) atoms. The van der Waals surface area contributed by atoms with Crippen LogP contribution in [0.4, 0.5) is 10.6 Å². The number of hydrogen-bond acceptors (Lipinski definition) is 4. The first kappa shape index (κ1) is 20.9. The minimum absolute atomic E-state index is 0.198. The molecule has 2 N–H and O–H groups in total. The second-order valence-corrected chi connectivity index (χ2v) is 7.89. The van der Waals surface area contributed by atoms with Gasteiger partial charge in [-0.05, 0) is 35.9 Å². The fourth-order valence-corrected chi connectivity index (χ4v) is 3.79. The molecule has 1 aliphatic rings. The first-order valence-electron chi connectivity index (χ1n) is 10.7. The van der Waals surface area contributed by atoms with Crippen LogP contribution < -0.4 is 15.5 Å². The van der Waals surface area contributed by atoms with Crippen molar-refractivity contribution in [3.8, 4) is 0 Å². The Balaban J connectivity index is 1.39. The Morgan fingerprint density at radius 2 is 1.55 bits per heavy atom. The van der Waals surface area contributed by atoms with Crippen molar-refractivity contribution in [2.24, 2.45) is 0 Å². The molecule has 0 bridgehead atoms. The number of piperazine rings is 1. The second kappa shape index (κ2) is 10.1. The Kier molecular flexibility index (Phi) is 6.79. The van der Waals surface area contributed by atoms with E-state index < -0.39 is 0 Å². The van der Waals surface area contributed by atoms with Crippen LogP contribution in [0.5, 0.6) is 0 Å². The number of nitrogens with zero attached hydrogens (tertiary/aromatic N) is 3. The minimum Gasteiger partial charge on any atom is -0.354 e. The molecule has 0 radical (unpaired) electrons. The standard InChI is InChI=1S/C25H29N5O/c1-29-14-16-30(17-15-29)23-18-20(12-13-26-23)19-27-25(31)28-24(21-8-4-2-5-9-21)22-10-6-3-7-11-22/h2-13,18,24H,14-17,19H2,1H3,(H2,27,28,31). The van der Waals surface area contributed by atoms with Gasteiger partial charge in [-0.2, -0.15) is 0 Å². The first-order valence-corrected chi connectivity index (χ1v) is 10.7. The zero-order valence-electron chi connectivity index (χ0n) is 17.9. The largest absolute Gasteiger partial charge is 0.354 e. The maximum Gasteiger partial charge on any atom is 0.315 e. The molecule has 1 fully saturated rings. The Labute approximate surface area is 183 Å². The SMILES string of the molecule is CN1CCN(c2cc(CNC(=O)NC(c3ccccc3)c3ccccc3)ccn2)CC1. The predicted octanol–water partition coefficient (Wildman–Crippen LogP) is 3.42. The zero-order valence-corrected chi connectivity index (χ0v) is 17.9. The normalized spacial score (nSPS) is 14.5. The number of carbonyl (C=O) groups excluding carboxylic acids is 1. The van der Waals surface area contributed by atoms with Gasteiger partial charge >= 0.3 is 6.03 Å². The van der Waals surface area contributed by atoms with Gasteiger partial charge in [0.15, 0.2) is 0 Å². The van der Waals surface area contributed by atoms with Gasteiger partial charge in [0.05, 0.1) is 6.04 Å². The molecule has 0 spiro atoms. The van der Waals surface area contributed by atoms with Gasteiger partial charge in [0, 0.05) is 38.9 Å². The molecule has 1 aromatic heterocycles. The van der Waals surface area contributed by atoms with Gasteiger partial charge in [-0.15, -0.1) is 0 Å². The van der Waals surface area contributed by atoms with E-state index in [9.17, 15) is 4.79 Å². The van der Waals surface area contributed by atoms with Crippen LogP contribution in [0.2, 0.25) is 0 Å². The molecular formula is C25H29N5O. The van der Waals surface area contributed by atoms with Crippen molar-refractivity contribution in [1.29, 1.82) is 0 Å². The third kappa shape index (κ3) is 5.61. The number of amides is 2. The predicted molar refractivity (Wildman–Crippen MR) is 124 cm³/mol. The summed E-state index contributed by atoms with van der Waals surface area (Å²) < 4.78 is 0. The molecule has 0 aliphatic carbocycles. The Bertz CT molecular complexity index is 932. The minimum atomic E-state index is -0.208. The number of anilines is 1. The first-order chi connectivity index (χ1) is 15.2. The lowest BCUT2D eigenvalue weighted by molar-refractivity contribution is 0.238. The van der Waals surface area contributed by atoms with Crippen molar-refractivity contribution in [3.63, 3.8) is 0 Å². The zero-order chi connectivity index (χ0) is 21.5. The van der Waals surface area contributed by atoms with Crippen molar-refractivity contribution < 1.29 is 4.79 Å². The van der Waals surface area contributed by atoms with Crippen LogP contribution in [0.15, 0.2) is 79.0 Å². The van der Waals surface area contributed by atoms with Gasteiger partial charge in [-0.1, -0.05) is 60.7 Å². The number of rotatable bonds is 6. The molecule has 2 heterocycles. The van der Waals surface area contributed by atoms with Crippen molar-refractivity contribution in [2.75, 3.05) is 38.1 Å². The van der Waals surface area contributed by atoms with Crippen LogP contribution in [0.3, 0.4) is 0 Å². The van der Waals surface area contributed by atoms with Crippen LogP contribution in [0, 0.1) is 0 Å². The molecule has 0 saturated carbocycles. The molecule has 2 amide bonds. The fourth-order valence-electron chi connectivity index (χ4n) is 3.79. The van der Waals surface area contributed by atoms with Gasteiger partial charge in [0.2, 0.25) is 0 Å². The van der Waals surface area contributed by atoms with E-state index >= 15 is 0 Å². The molecule has 3 aromatic rings. The molecule has 4 rings (SSSR count). The van der Waals surface area contributed by atoms with Crippen molar-refractivity contribution >= 4 is 11.8 Å². The number of pyridine rings is 1. The second-order valence-electron chi connectivity index (χ2n) is 7.89. The van der Waals surface area contributed by atoms with Gasteiger partial charge in [0.25, 0.3) is 0 Å². The van der Waals surface area contributed by atoms with Crippen LogP contribution in [0.25, 0.3) is 0 Å². The summed E-state index contributed by atoms with van der Waals surface area (Å²) in [5.74, 6) is 0.972. The lowest BCUT2D eigenvalue weighted by Gasteiger charge is -2.33. The van der Waals surface area contributed by atoms with Crippen LogP contribution in [-0.2, 0) is 6.54 Å². The number of nitrogens with one attached hydrogen (secondary N) is 2. The molecule has 1 aliphatic heterocycles. The smallest absolute Gasteiger partial charge is 0.315 e. The Morgan fingerprint density at radius 1 is 0.935 bits per heavy atom. The topological polar surface area (TPSA) is 60.5 Å². The summed E-state index contributed by atoms with van der Waals surface area (Å²) in [6.07, 6.45) is 1.82. The number of aromatic nitrogens is 1. The van der Waals surface area contributed by atoms with Gasteiger partial charge < -0.3 is 20.4 Å². The highest BCUT2D eigenvalue weighted by Gasteiger charge is 2.17. The molecule has 0 unspecified atom stereocenters. The summed E-state index contributed by atoms with van der Waals surface area (Å²) in [6.45, 7) is 4.46. The van der Waals surface area contributed by atoms with E-state index in [1.165, 1.54) is 0 Å². The molecule has 160 valence electrons. The fraction of sp³-hybridized carbons (Fsp3) is 0.280. The highest BCUT2D eigenvalue weighted by atomic mass is 16.2. The Hall–Kier alpha value is -3.38. The molecular weight excluding hydrogens is 386 g/mol. The monoisotopic (exact) mass is 415 g/mol. The van der Waals surface area contributed by atoms with Gasteiger partial charge in [0.1, 0.15) is 5.82 Å². The lowest BCUT2D eigenvalue weighted by Crippen LogP contribution is -2.44. The van der Waals surface area contributed by atoms with Crippen molar-refractivity contribution in [2.45, 2.75) is 12.6 Å². The van der Waals surface area contributed by atoms with Gasteiger partial charge in [-0.3, -0.25) is 0 Å². The lowest BCUT2D eigenvalue weighted by atomic mass is 9.99. The van der Waals surface area contributed by atoms with E-state index in [2.05, 4.69) is 38.5 Å². The summed E-state index contributed by atoms with van der Waals surface area (Å²) in [4.78, 5) is 21.9. The van der Waals surface area contributed by atoms with E-state index in [0.717, 1.165) is 48.7 Å². The summed E-state index contributed by atoms with van der Waals surface area (Å²) >= 11 is 0. The summed E-state index contributed by atoms with van der Waals surface area (Å²) in [7, 11) is 2.14. The van der Waals surface area contributed by atoms with E-state index in [-0.39, 0.29) is 12.1 Å². The van der Waals surface area contributed by atoms with Crippen LogP contribution >= 0.6 is 0 Å². The molecule has 2 aromatic carbocycles. The quantitative estimate of drug-likeness (QED) is 0.648. The highest BCUT2D eigenvalue weighted by Crippen LogP contribution is 2.21. The average Bonchev–Trinajstić information content (AvgIpc) is 2.83. The summed E-state index contributed by atoms with van der Waals surface area (Å²) in [6, 6.07) is 23.6. The average molecular weight is 416 g/mol. The van der Waals surface area contributed by atoms with Crippen LogP contribution in [0.1, 0.15) is 22.7 Å². The molecule has 6 heteroatoms. The van der Waals surface area contributed by atoms with Crippen LogP contribution in [-0.4, -0.2) is 49.1 Å². The third-order valence-corrected chi connectivity index (χ3v) is 5.63. The van der Waals surface area contributed by atoms with E-state index in [1.807, 2.05) is 72.9 Å². The van der Waals surface area contributed by atoms with E-state index in [0.29, 0.717) is 6.54 Å². The number of likely N-dealkylation sites (N-methyl/N-ethyl adjacent to an activating group) is 1.